The zero-order valence-electron chi connectivity index (χ0n) is 11.2. The van der Waals surface area contributed by atoms with Crippen molar-refractivity contribution in [1.29, 1.82) is 0 Å². The van der Waals surface area contributed by atoms with Crippen LogP contribution in [0.15, 0.2) is 48.5 Å². The fourth-order valence-electron chi connectivity index (χ4n) is 2.02. The molecule has 1 aromatic heterocycles. The van der Waals surface area contributed by atoms with E-state index in [2.05, 4.69) is 10.3 Å². The van der Waals surface area contributed by atoms with Crippen molar-refractivity contribution in [2.75, 3.05) is 5.32 Å². The van der Waals surface area contributed by atoms with E-state index in [-0.39, 0.29) is 5.82 Å². The Bertz CT molecular complexity index is 768. The number of nitrogens with zero attached hydrogens (tertiary/aromatic N) is 1. The van der Waals surface area contributed by atoms with Crippen molar-refractivity contribution < 1.29 is 4.39 Å². The summed E-state index contributed by atoms with van der Waals surface area (Å²) in [6.07, 6.45) is 0. The molecular weight excluding hydrogens is 307 g/mol. The first-order valence-electron chi connectivity index (χ1n) is 6.38. The lowest BCUT2D eigenvalue weighted by molar-refractivity contribution is 0.628. The summed E-state index contributed by atoms with van der Waals surface area (Å²) in [5.41, 5.74) is 2.61. The van der Waals surface area contributed by atoms with Crippen molar-refractivity contribution in [3.63, 3.8) is 0 Å². The van der Waals surface area contributed by atoms with Gasteiger partial charge in [0.25, 0.3) is 0 Å². The second-order valence-electron chi connectivity index (χ2n) is 4.57. The van der Waals surface area contributed by atoms with Gasteiger partial charge in [-0.3, -0.25) is 0 Å². The monoisotopic (exact) mass is 318 g/mol. The molecule has 0 aliphatic carbocycles. The van der Waals surface area contributed by atoms with Crippen LogP contribution in [0.1, 0.15) is 4.88 Å². The highest BCUT2D eigenvalue weighted by molar-refractivity contribution is 7.16. The average molecular weight is 319 g/mol. The highest BCUT2D eigenvalue weighted by Crippen LogP contribution is 2.32. The van der Waals surface area contributed by atoms with Gasteiger partial charge < -0.3 is 5.32 Å². The molecule has 0 unspecified atom stereocenters. The van der Waals surface area contributed by atoms with E-state index in [0.29, 0.717) is 10.7 Å². The van der Waals surface area contributed by atoms with E-state index in [9.17, 15) is 4.39 Å². The number of benzene rings is 2. The Labute approximate surface area is 131 Å². The van der Waals surface area contributed by atoms with Crippen LogP contribution in [0.25, 0.3) is 11.3 Å². The molecule has 5 heteroatoms. The van der Waals surface area contributed by atoms with Crippen LogP contribution < -0.4 is 5.32 Å². The Morgan fingerprint density at radius 2 is 1.90 bits per heavy atom. The molecule has 0 aliphatic heterocycles. The fraction of sp³-hybridized carbons (Fsp3) is 0.0625. The zero-order chi connectivity index (χ0) is 14.8. The predicted molar refractivity (Wildman–Crippen MR) is 87.0 cm³/mol. The number of aromatic nitrogens is 1. The van der Waals surface area contributed by atoms with E-state index >= 15 is 0 Å². The summed E-state index contributed by atoms with van der Waals surface area (Å²) in [5.74, 6) is -0.272. The van der Waals surface area contributed by atoms with Crippen LogP contribution in [0, 0.1) is 12.7 Å². The minimum absolute atomic E-state index is 0.272. The summed E-state index contributed by atoms with van der Waals surface area (Å²) < 4.78 is 13.2. The number of thiazole rings is 1. The molecule has 3 rings (SSSR count). The van der Waals surface area contributed by atoms with Gasteiger partial charge in [-0.05, 0) is 37.3 Å². The highest BCUT2D eigenvalue weighted by Gasteiger charge is 2.10. The minimum Gasteiger partial charge on any atom is -0.331 e. The van der Waals surface area contributed by atoms with Crippen LogP contribution >= 0.6 is 22.9 Å². The lowest BCUT2D eigenvalue weighted by atomic mass is 10.1. The van der Waals surface area contributed by atoms with Crippen molar-refractivity contribution >= 4 is 33.8 Å². The van der Waals surface area contributed by atoms with Crippen molar-refractivity contribution in [2.45, 2.75) is 6.92 Å². The molecule has 1 heterocycles. The van der Waals surface area contributed by atoms with Gasteiger partial charge in [-0.15, -0.1) is 11.3 Å². The third-order valence-corrected chi connectivity index (χ3v) is 4.13. The Morgan fingerprint density at radius 3 is 2.62 bits per heavy atom. The Hall–Kier alpha value is -1.91. The molecular formula is C16H12ClFN2S. The van der Waals surface area contributed by atoms with Crippen LogP contribution in [0.5, 0.6) is 0 Å². The Kier molecular flexibility index (Phi) is 3.90. The molecule has 0 amide bonds. The average Bonchev–Trinajstić information content (AvgIpc) is 2.80. The van der Waals surface area contributed by atoms with Crippen LogP contribution in [0.2, 0.25) is 5.02 Å². The molecule has 3 aromatic rings. The quantitative estimate of drug-likeness (QED) is 0.674. The van der Waals surface area contributed by atoms with Gasteiger partial charge in [0.1, 0.15) is 5.82 Å². The molecule has 0 radical (unpaired) electrons. The number of hydrogen-bond acceptors (Lipinski definition) is 3. The lowest BCUT2D eigenvalue weighted by Crippen LogP contribution is -1.90. The number of nitrogens with one attached hydrogen (secondary N) is 1. The maximum absolute atomic E-state index is 13.2. The van der Waals surface area contributed by atoms with Gasteiger partial charge in [-0.25, -0.2) is 9.37 Å². The molecule has 2 aromatic carbocycles. The van der Waals surface area contributed by atoms with Crippen molar-refractivity contribution in [3.05, 3.63) is 64.2 Å². The van der Waals surface area contributed by atoms with Crippen molar-refractivity contribution in [2.24, 2.45) is 0 Å². The third kappa shape index (κ3) is 3.23. The van der Waals surface area contributed by atoms with Crippen LogP contribution in [0.4, 0.5) is 15.2 Å². The topological polar surface area (TPSA) is 24.9 Å². The second-order valence-corrected chi connectivity index (χ2v) is 6.21. The predicted octanol–water partition coefficient (Wildman–Crippen LogP) is 5.65. The van der Waals surface area contributed by atoms with E-state index in [1.165, 1.54) is 23.5 Å². The number of hydrogen-bond donors (Lipinski definition) is 1. The standard InChI is InChI=1S/C16H12ClFN2S/c1-10-15(11-5-7-12(17)8-6-11)20-16(21-10)19-14-4-2-3-13(18)9-14/h2-9H,1H3,(H,19,20). The molecule has 0 spiro atoms. The minimum atomic E-state index is -0.272. The smallest absolute Gasteiger partial charge is 0.187 e. The Morgan fingerprint density at radius 1 is 1.14 bits per heavy atom. The molecule has 0 fully saturated rings. The number of rotatable bonds is 3. The first kappa shape index (κ1) is 14.0. The van der Waals surface area contributed by atoms with Gasteiger partial charge in [0, 0.05) is 21.2 Å². The third-order valence-electron chi connectivity index (χ3n) is 2.99. The highest BCUT2D eigenvalue weighted by atomic mass is 35.5. The molecule has 106 valence electrons. The Balaban J connectivity index is 1.89. The summed E-state index contributed by atoms with van der Waals surface area (Å²) in [5, 5.41) is 4.57. The van der Waals surface area contributed by atoms with Gasteiger partial charge in [0.05, 0.1) is 5.69 Å². The normalized spacial score (nSPS) is 10.6. The molecule has 0 atom stereocenters. The van der Waals surface area contributed by atoms with Crippen LogP contribution in [-0.2, 0) is 0 Å². The van der Waals surface area contributed by atoms with Crippen molar-refractivity contribution in [3.8, 4) is 11.3 Å². The summed E-state index contributed by atoms with van der Waals surface area (Å²) >= 11 is 7.44. The van der Waals surface area contributed by atoms with E-state index in [0.717, 1.165) is 21.3 Å². The summed E-state index contributed by atoms with van der Waals surface area (Å²) in [4.78, 5) is 5.67. The van der Waals surface area contributed by atoms with Crippen LogP contribution in [0.3, 0.4) is 0 Å². The largest absolute Gasteiger partial charge is 0.331 e. The number of aryl methyl sites for hydroxylation is 1. The van der Waals surface area contributed by atoms with E-state index in [4.69, 9.17) is 11.6 Å². The van der Waals surface area contributed by atoms with Gasteiger partial charge >= 0.3 is 0 Å². The summed E-state index contributed by atoms with van der Waals surface area (Å²) in [6, 6.07) is 13.9. The zero-order valence-corrected chi connectivity index (χ0v) is 12.8. The first-order chi connectivity index (χ1) is 10.1. The van der Waals surface area contributed by atoms with E-state index in [1.807, 2.05) is 37.3 Å². The molecule has 1 N–H and O–H groups in total. The maximum atomic E-state index is 13.2. The van der Waals surface area contributed by atoms with Gasteiger partial charge in [-0.1, -0.05) is 29.8 Å². The summed E-state index contributed by atoms with van der Waals surface area (Å²) in [7, 11) is 0. The molecule has 21 heavy (non-hydrogen) atoms. The van der Waals surface area contributed by atoms with Crippen LogP contribution in [-0.4, -0.2) is 4.98 Å². The van der Waals surface area contributed by atoms with Gasteiger partial charge in [-0.2, -0.15) is 0 Å². The summed E-state index contributed by atoms with van der Waals surface area (Å²) in [6.45, 7) is 2.01. The molecule has 2 nitrogen and oxygen atoms in total. The molecule has 0 saturated heterocycles. The number of halogens is 2. The maximum Gasteiger partial charge on any atom is 0.187 e. The van der Waals surface area contributed by atoms with E-state index < -0.39 is 0 Å². The molecule has 0 saturated carbocycles. The second kappa shape index (κ2) is 5.84. The molecule has 0 aliphatic rings. The lowest BCUT2D eigenvalue weighted by Gasteiger charge is -2.01. The van der Waals surface area contributed by atoms with E-state index in [1.54, 1.807) is 6.07 Å². The fourth-order valence-corrected chi connectivity index (χ4v) is 3.00. The molecule has 0 bridgehead atoms. The SMILES string of the molecule is Cc1sc(Nc2cccc(F)c2)nc1-c1ccc(Cl)cc1. The van der Waals surface area contributed by atoms with Gasteiger partial charge in [0.15, 0.2) is 5.13 Å². The number of anilines is 2. The first-order valence-corrected chi connectivity index (χ1v) is 7.57. The van der Waals surface area contributed by atoms with Gasteiger partial charge in [0.2, 0.25) is 0 Å². The van der Waals surface area contributed by atoms with Crippen molar-refractivity contribution in [1.82, 2.24) is 4.98 Å².